The van der Waals surface area contributed by atoms with Crippen LogP contribution in [-0.4, -0.2) is 22.6 Å². The Kier molecular flexibility index (Phi) is 3.72. The number of nitrogens with one attached hydrogen (secondary N) is 1. The summed E-state index contributed by atoms with van der Waals surface area (Å²) in [6.45, 7) is 0.739. The fourth-order valence-corrected chi connectivity index (χ4v) is 2.08. The van der Waals surface area contributed by atoms with Gasteiger partial charge in [0.2, 0.25) is 0 Å². The fraction of sp³-hybridized carbons (Fsp3) is 0.545. The molecule has 86 valence electrons. The number of carbonyl (C=O) groups excluding carboxylic acids is 1. The predicted octanol–water partition coefficient (Wildman–Crippen LogP) is 2.05. The molecule has 0 radical (unpaired) electrons. The van der Waals surface area contributed by atoms with E-state index in [-0.39, 0.29) is 5.91 Å². The number of rotatable bonds is 3. The van der Waals surface area contributed by atoms with Crippen molar-refractivity contribution in [2.24, 2.45) is 5.92 Å². The van der Waals surface area contributed by atoms with Gasteiger partial charge in [0.05, 0.1) is 0 Å². The second-order valence-corrected chi connectivity index (χ2v) is 4.49. The van der Waals surface area contributed by atoms with Crippen molar-refractivity contribution in [1.82, 2.24) is 15.5 Å². The molecule has 0 atom stereocenters. The first kappa shape index (κ1) is 11.3. The third-order valence-electron chi connectivity index (χ3n) is 2.89. The van der Waals surface area contributed by atoms with Crippen LogP contribution in [0.3, 0.4) is 0 Å². The number of aromatic nitrogens is 2. The molecule has 0 spiro atoms. The highest BCUT2D eigenvalue weighted by Crippen LogP contribution is 2.23. The third kappa shape index (κ3) is 2.92. The number of carbonyl (C=O) groups is 1. The number of hydrogen-bond acceptors (Lipinski definition) is 3. The maximum atomic E-state index is 11.7. The second-order valence-electron chi connectivity index (χ2n) is 4.10. The second kappa shape index (κ2) is 5.25. The van der Waals surface area contributed by atoms with Gasteiger partial charge < -0.3 is 5.32 Å². The predicted molar refractivity (Wildman–Crippen MR) is 61.3 cm³/mol. The Morgan fingerprint density at radius 1 is 1.38 bits per heavy atom. The minimum Gasteiger partial charge on any atom is -0.350 e. The normalized spacial score (nSPS) is 16.3. The molecule has 0 aromatic carbocycles. The van der Waals surface area contributed by atoms with E-state index < -0.39 is 0 Å². The topological polar surface area (TPSA) is 54.9 Å². The van der Waals surface area contributed by atoms with Gasteiger partial charge in [-0.2, -0.15) is 0 Å². The largest absolute Gasteiger partial charge is 0.350 e. The molecule has 1 saturated carbocycles. The van der Waals surface area contributed by atoms with Crippen molar-refractivity contribution in [2.45, 2.75) is 25.7 Å². The Balaban J connectivity index is 1.85. The molecule has 1 N–H and O–H groups in total. The van der Waals surface area contributed by atoms with E-state index in [1.54, 1.807) is 12.1 Å². The van der Waals surface area contributed by atoms with Gasteiger partial charge in [-0.1, -0.05) is 24.4 Å². The van der Waals surface area contributed by atoms with Gasteiger partial charge in [0.1, 0.15) is 0 Å². The molecule has 1 heterocycles. The zero-order chi connectivity index (χ0) is 11.4. The van der Waals surface area contributed by atoms with E-state index in [0.29, 0.717) is 16.8 Å². The van der Waals surface area contributed by atoms with Crippen LogP contribution in [0.1, 0.15) is 36.2 Å². The van der Waals surface area contributed by atoms with Gasteiger partial charge in [0.15, 0.2) is 10.8 Å². The monoisotopic (exact) mass is 239 g/mol. The van der Waals surface area contributed by atoms with Crippen LogP contribution >= 0.6 is 11.6 Å². The summed E-state index contributed by atoms with van der Waals surface area (Å²) in [4.78, 5) is 11.7. The molecule has 0 aliphatic heterocycles. The van der Waals surface area contributed by atoms with E-state index in [9.17, 15) is 4.79 Å². The van der Waals surface area contributed by atoms with Crippen LogP contribution in [-0.2, 0) is 0 Å². The molecular formula is C11H14ClN3O. The van der Waals surface area contributed by atoms with Crippen molar-refractivity contribution in [1.29, 1.82) is 0 Å². The molecular weight excluding hydrogens is 226 g/mol. The van der Waals surface area contributed by atoms with Gasteiger partial charge >= 0.3 is 0 Å². The van der Waals surface area contributed by atoms with E-state index >= 15 is 0 Å². The van der Waals surface area contributed by atoms with Gasteiger partial charge in [-0.15, -0.1) is 10.2 Å². The molecule has 0 unspecified atom stereocenters. The summed E-state index contributed by atoms with van der Waals surface area (Å²) in [6.07, 6.45) is 4.99. The molecule has 16 heavy (non-hydrogen) atoms. The van der Waals surface area contributed by atoms with Crippen LogP contribution < -0.4 is 5.32 Å². The average Bonchev–Trinajstić information content (AvgIpc) is 2.80. The van der Waals surface area contributed by atoms with Crippen LogP contribution in [0.5, 0.6) is 0 Å². The van der Waals surface area contributed by atoms with Crippen molar-refractivity contribution in [2.75, 3.05) is 6.54 Å². The molecule has 0 saturated heterocycles. The maximum absolute atomic E-state index is 11.7. The lowest BCUT2D eigenvalue weighted by molar-refractivity contribution is 0.0941. The van der Waals surface area contributed by atoms with Gasteiger partial charge in [0.25, 0.3) is 5.91 Å². The Labute approximate surface area is 99.4 Å². The molecule has 1 aromatic rings. The number of halogens is 1. The average molecular weight is 240 g/mol. The summed E-state index contributed by atoms with van der Waals surface area (Å²) in [5.41, 5.74) is 0.322. The third-order valence-corrected chi connectivity index (χ3v) is 3.09. The molecule has 2 rings (SSSR count). The Morgan fingerprint density at radius 2 is 2.12 bits per heavy atom. The minimum atomic E-state index is -0.170. The molecule has 0 bridgehead atoms. The van der Waals surface area contributed by atoms with E-state index in [1.807, 2.05) is 0 Å². The first-order chi connectivity index (χ1) is 7.75. The van der Waals surface area contributed by atoms with Crippen LogP contribution in [0.25, 0.3) is 0 Å². The van der Waals surface area contributed by atoms with Crippen molar-refractivity contribution >= 4 is 17.5 Å². The summed E-state index contributed by atoms with van der Waals surface area (Å²) in [6, 6.07) is 3.15. The fourth-order valence-electron chi connectivity index (χ4n) is 1.98. The minimum absolute atomic E-state index is 0.170. The molecule has 5 heteroatoms. The van der Waals surface area contributed by atoms with E-state index in [1.165, 1.54) is 25.7 Å². The lowest BCUT2D eigenvalue weighted by Crippen LogP contribution is -2.29. The Hall–Kier alpha value is -1.16. The maximum Gasteiger partial charge on any atom is 0.271 e. The van der Waals surface area contributed by atoms with Gasteiger partial charge in [0, 0.05) is 6.54 Å². The summed E-state index contributed by atoms with van der Waals surface area (Å²) < 4.78 is 0. The molecule has 1 aliphatic rings. The van der Waals surface area contributed by atoms with Crippen LogP contribution in [0, 0.1) is 5.92 Å². The summed E-state index contributed by atoms with van der Waals surface area (Å²) in [5.74, 6) is 0.459. The highest BCUT2D eigenvalue weighted by molar-refractivity contribution is 6.29. The Bertz CT molecular complexity index is 360. The van der Waals surface area contributed by atoms with Crippen LogP contribution in [0.15, 0.2) is 12.1 Å². The van der Waals surface area contributed by atoms with Crippen molar-refractivity contribution < 1.29 is 4.79 Å². The molecule has 1 aliphatic carbocycles. The van der Waals surface area contributed by atoms with Crippen LogP contribution in [0.2, 0.25) is 5.15 Å². The van der Waals surface area contributed by atoms with E-state index in [2.05, 4.69) is 15.5 Å². The van der Waals surface area contributed by atoms with Crippen molar-refractivity contribution in [3.8, 4) is 0 Å². The highest BCUT2D eigenvalue weighted by Gasteiger charge is 2.16. The molecule has 1 fully saturated rings. The first-order valence-electron chi connectivity index (χ1n) is 5.53. The summed E-state index contributed by atoms with van der Waals surface area (Å²) in [7, 11) is 0. The molecule has 1 aromatic heterocycles. The zero-order valence-electron chi connectivity index (χ0n) is 8.95. The number of nitrogens with zero attached hydrogens (tertiary/aromatic N) is 2. The first-order valence-corrected chi connectivity index (χ1v) is 5.91. The zero-order valence-corrected chi connectivity index (χ0v) is 9.70. The molecule has 4 nitrogen and oxygen atoms in total. The SMILES string of the molecule is O=C(NCC1CCCC1)c1ccc(Cl)nn1. The molecule has 1 amide bonds. The van der Waals surface area contributed by atoms with Gasteiger partial charge in [-0.05, 0) is 30.9 Å². The number of hydrogen-bond donors (Lipinski definition) is 1. The van der Waals surface area contributed by atoms with E-state index in [4.69, 9.17) is 11.6 Å². The summed E-state index contributed by atoms with van der Waals surface area (Å²) >= 11 is 5.59. The van der Waals surface area contributed by atoms with Gasteiger partial charge in [-0.3, -0.25) is 4.79 Å². The number of amides is 1. The van der Waals surface area contributed by atoms with Crippen molar-refractivity contribution in [3.05, 3.63) is 23.0 Å². The quantitative estimate of drug-likeness (QED) is 0.878. The summed E-state index contributed by atoms with van der Waals surface area (Å²) in [5, 5.41) is 10.5. The van der Waals surface area contributed by atoms with E-state index in [0.717, 1.165) is 6.54 Å². The Morgan fingerprint density at radius 3 is 2.75 bits per heavy atom. The standard InChI is InChI=1S/C11H14ClN3O/c12-10-6-5-9(14-15-10)11(16)13-7-8-3-1-2-4-8/h5-6,8H,1-4,7H2,(H,13,16). The smallest absolute Gasteiger partial charge is 0.271 e. The van der Waals surface area contributed by atoms with Gasteiger partial charge in [-0.25, -0.2) is 0 Å². The lowest BCUT2D eigenvalue weighted by Gasteiger charge is -2.09. The van der Waals surface area contributed by atoms with Crippen molar-refractivity contribution in [3.63, 3.8) is 0 Å². The lowest BCUT2D eigenvalue weighted by atomic mass is 10.1. The highest BCUT2D eigenvalue weighted by atomic mass is 35.5. The van der Waals surface area contributed by atoms with Crippen LogP contribution in [0.4, 0.5) is 0 Å².